The lowest BCUT2D eigenvalue weighted by Crippen LogP contribution is -2.54. The molecule has 0 heterocycles. The van der Waals surface area contributed by atoms with Crippen LogP contribution < -0.4 is 10.1 Å². The standard InChI is InChI=1S/C15H22BrNO3/c1-14(2,13(18)19)15(3,4)17-9-10-8-11(20-5)6-7-12(10)16/h6-8,17H,9H2,1-5H3,(H,18,19). The molecule has 20 heavy (non-hydrogen) atoms. The summed E-state index contributed by atoms with van der Waals surface area (Å²) in [6.45, 7) is 7.80. The van der Waals surface area contributed by atoms with Gasteiger partial charge in [0, 0.05) is 16.6 Å². The van der Waals surface area contributed by atoms with Crippen molar-refractivity contribution in [1.82, 2.24) is 5.32 Å². The third-order valence-electron chi connectivity index (χ3n) is 4.07. The fraction of sp³-hybridized carbons (Fsp3) is 0.533. The average Bonchev–Trinajstić information content (AvgIpc) is 2.37. The molecule has 0 radical (unpaired) electrons. The fourth-order valence-corrected chi connectivity index (χ4v) is 2.00. The number of hydrogen-bond donors (Lipinski definition) is 2. The lowest BCUT2D eigenvalue weighted by molar-refractivity contribution is -0.151. The summed E-state index contributed by atoms with van der Waals surface area (Å²) in [5.74, 6) is -0.0417. The molecule has 0 spiro atoms. The van der Waals surface area contributed by atoms with Crippen LogP contribution in [0.1, 0.15) is 33.3 Å². The van der Waals surface area contributed by atoms with Crippen molar-refractivity contribution < 1.29 is 14.6 Å². The van der Waals surface area contributed by atoms with Crippen LogP contribution in [0.25, 0.3) is 0 Å². The Hall–Kier alpha value is -1.07. The summed E-state index contributed by atoms with van der Waals surface area (Å²) in [6, 6.07) is 5.73. The monoisotopic (exact) mass is 343 g/mol. The molecule has 5 heteroatoms. The van der Waals surface area contributed by atoms with E-state index in [2.05, 4.69) is 21.2 Å². The fourth-order valence-electron chi connectivity index (χ4n) is 1.62. The van der Waals surface area contributed by atoms with Gasteiger partial charge < -0.3 is 15.2 Å². The van der Waals surface area contributed by atoms with Gasteiger partial charge in [0.15, 0.2) is 0 Å². The van der Waals surface area contributed by atoms with E-state index in [-0.39, 0.29) is 0 Å². The number of halogens is 1. The third kappa shape index (κ3) is 3.52. The van der Waals surface area contributed by atoms with Gasteiger partial charge in [0.05, 0.1) is 12.5 Å². The van der Waals surface area contributed by atoms with E-state index in [1.165, 1.54) is 0 Å². The van der Waals surface area contributed by atoms with Crippen molar-refractivity contribution in [1.29, 1.82) is 0 Å². The van der Waals surface area contributed by atoms with Crippen LogP contribution in [0.3, 0.4) is 0 Å². The first kappa shape index (κ1) is 17.0. The van der Waals surface area contributed by atoms with Gasteiger partial charge >= 0.3 is 5.97 Å². The van der Waals surface area contributed by atoms with Gasteiger partial charge in [-0.1, -0.05) is 15.9 Å². The lowest BCUT2D eigenvalue weighted by atomic mass is 9.74. The smallest absolute Gasteiger partial charge is 0.310 e. The molecule has 0 amide bonds. The van der Waals surface area contributed by atoms with E-state index < -0.39 is 16.9 Å². The van der Waals surface area contributed by atoms with Gasteiger partial charge in [0.2, 0.25) is 0 Å². The first-order chi connectivity index (χ1) is 9.11. The molecular weight excluding hydrogens is 322 g/mol. The zero-order chi connectivity index (χ0) is 15.6. The molecule has 0 fully saturated rings. The Bertz CT molecular complexity index is 498. The number of carboxylic acids is 1. The number of carboxylic acid groups (broad SMARTS) is 1. The number of rotatable bonds is 6. The molecule has 1 aromatic carbocycles. The molecule has 1 aromatic rings. The van der Waals surface area contributed by atoms with Crippen LogP contribution in [0, 0.1) is 5.41 Å². The predicted octanol–water partition coefficient (Wildman–Crippen LogP) is 3.44. The van der Waals surface area contributed by atoms with E-state index in [1.54, 1.807) is 21.0 Å². The predicted molar refractivity (Wildman–Crippen MR) is 83.0 cm³/mol. The second kappa shape index (κ2) is 6.14. The summed E-state index contributed by atoms with van der Waals surface area (Å²) in [5.41, 5.74) is -0.404. The molecule has 0 aliphatic rings. The number of benzene rings is 1. The van der Waals surface area contributed by atoms with Gasteiger partial charge in [-0.15, -0.1) is 0 Å². The Morgan fingerprint density at radius 1 is 1.35 bits per heavy atom. The van der Waals surface area contributed by atoms with Crippen molar-refractivity contribution in [2.75, 3.05) is 7.11 Å². The van der Waals surface area contributed by atoms with Crippen molar-refractivity contribution in [3.05, 3.63) is 28.2 Å². The number of carbonyl (C=O) groups is 1. The van der Waals surface area contributed by atoms with Crippen molar-refractivity contribution >= 4 is 21.9 Å². The highest BCUT2D eigenvalue weighted by atomic mass is 79.9. The van der Waals surface area contributed by atoms with Gasteiger partial charge in [-0.25, -0.2) is 0 Å². The van der Waals surface area contributed by atoms with Crippen molar-refractivity contribution in [3.63, 3.8) is 0 Å². The molecule has 2 N–H and O–H groups in total. The zero-order valence-electron chi connectivity index (χ0n) is 12.6. The van der Waals surface area contributed by atoms with Crippen LogP contribution in [0.15, 0.2) is 22.7 Å². The summed E-state index contributed by atoms with van der Waals surface area (Å²) in [5, 5.41) is 12.7. The van der Waals surface area contributed by atoms with Gasteiger partial charge in [0.25, 0.3) is 0 Å². The Labute approximate surface area is 128 Å². The summed E-state index contributed by atoms with van der Waals surface area (Å²) in [6.07, 6.45) is 0. The molecule has 0 atom stereocenters. The average molecular weight is 344 g/mol. The highest BCUT2D eigenvalue weighted by molar-refractivity contribution is 9.10. The normalized spacial score (nSPS) is 12.3. The highest BCUT2D eigenvalue weighted by Gasteiger charge is 2.43. The SMILES string of the molecule is COc1ccc(Br)c(CNC(C)(C)C(C)(C)C(=O)O)c1. The van der Waals surface area contributed by atoms with E-state index in [1.807, 2.05) is 32.0 Å². The number of methoxy groups -OCH3 is 1. The Morgan fingerprint density at radius 3 is 2.45 bits per heavy atom. The molecule has 1 rings (SSSR count). The molecule has 0 saturated carbocycles. The molecule has 0 aliphatic heterocycles. The first-order valence-electron chi connectivity index (χ1n) is 6.42. The summed E-state index contributed by atoms with van der Waals surface area (Å²) in [7, 11) is 1.62. The van der Waals surface area contributed by atoms with E-state index in [0.29, 0.717) is 6.54 Å². The Morgan fingerprint density at radius 2 is 1.95 bits per heavy atom. The van der Waals surface area contributed by atoms with E-state index >= 15 is 0 Å². The topological polar surface area (TPSA) is 58.6 Å². The van der Waals surface area contributed by atoms with Crippen LogP contribution >= 0.6 is 15.9 Å². The van der Waals surface area contributed by atoms with Crippen LogP contribution in [0.5, 0.6) is 5.75 Å². The molecular formula is C15H22BrNO3. The van der Waals surface area contributed by atoms with E-state index in [9.17, 15) is 9.90 Å². The summed E-state index contributed by atoms with van der Waals surface area (Å²) < 4.78 is 6.17. The van der Waals surface area contributed by atoms with Crippen LogP contribution in [-0.2, 0) is 11.3 Å². The Kier molecular flexibility index (Phi) is 5.21. The summed E-state index contributed by atoms with van der Waals surface area (Å²) >= 11 is 3.49. The molecule has 0 saturated heterocycles. The second-order valence-electron chi connectivity index (χ2n) is 5.87. The van der Waals surface area contributed by atoms with Gasteiger partial charge in [-0.2, -0.15) is 0 Å². The molecule has 0 bridgehead atoms. The lowest BCUT2D eigenvalue weighted by Gasteiger charge is -2.39. The minimum Gasteiger partial charge on any atom is -0.497 e. The van der Waals surface area contributed by atoms with Crippen LogP contribution in [0.4, 0.5) is 0 Å². The second-order valence-corrected chi connectivity index (χ2v) is 6.72. The minimum atomic E-state index is -0.877. The Balaban J connectivity index is 2.88. The maximum atomic E-state index is 11.4. The number of aliphatic carboxylic acids is 1. The van der Waals surface area contributed by atoms with Crippen LogP contribution in [0.2, 0.25) is 0 Å². The molecule has 0 unspecified atom stereocenters. The summed E-state index contributed by atoms with van der Waals surface area (Å²) in [4.78, 5) is 11.4. The molecule has 4 nitrogen and oxygen atoms in total. The quantitative estimate of drug-likeness (QED) is 0.830. The zero-order valence-corrected chi connectivity index (χ0v) is 14.2. The number of hydrogen-bond acceptors (Lipinski definition) is 3. The van der Waals surface area contributed by atoms with E-state index in [0.717, 1.165) is 15.8 Å². The van der Waals surface area contributed by atoms with Gasteiger partial charge in [0.1, 0.15) is 5.75 Å². The van der Waals surface area contributed by atoms with Crippen molar-refractivity contribution in [2.45, 2.75) is 39.8 Å². The van der Waals surface area contributed by atoms with Crippen molar-refractivity contribution in [2.24, 2.45) is 5.41 Å². The molecule has 0 aromatic heterocycles. The largest absolute Gasteiger partial charge is 0.497 e. The van der Waals surface area contributed by atoms with Crippen LogP contribution in [-0.4, -0.2) is 23.7 Å². The van der Waals surface area contributed by atoms with Gasteiger partial charge in [-0.3, -0.25) is 4.79 Å². The number of nitrogens with one attached hydrogen (secondary N) is 1. The maximum Gasteiger partial charge on any atom is 0.310 e. The maximum absolute atomic E-state index is 11.4. The number of ether oxygens (including phenoxy) is 1. The van der Waals surface area contributed by atoms with Crippen molar-refractivity contribution in [3.8, 4) is 5.75 Å². The van der Waals surface area contributed by atoms with Gasteiger partial charge in [-0.05, 0) is 51.5 Å². The highest BCUT2D eigenvalue weighted by Crippen LogP contribution is 2.31. The third-order valence-corrected chi connectivity index (χ3v) is 4.84. The first-order valence-corrected chi connectivity index (χ1v) is 7.22. The molecule has 0 aliphatic carbocycles. The minimum absolute atomic E-state index is 0.554. The molecule has 112 valence electrons. The van der Waals surface area contributed by atoms with E-state index in [4.69, 9.17) is 4.74 Å².